The average molecular weight is 335 g/mol. The van der Waals surface area contributed by atoms with Crippen LogP contribution in [0.3, 0.4) is 0 Å². The lowest BCUT2D eigenvalue weighted by molar-refractivity contribution is 0.203. The Morgan fingerprint density at radius 2 is 2.22 bits per heavy atom. The number of nitrogens with zero attached hydrogens (tertiary/aromatic N) is 3. The maximum Gasteiger partial charge on any atom is 0.326 e. The lowest BCUT2D eigenvalue weighted by atomic mass is 10.3. The molecule has 2 heterocycles. The van der Waals surface area contributed by atoms with Crippen molar-refractivity contribution in [3.63, 3.8) is 0 Å². The number of hydrogen-bond acceptors (Lipinski definition) is 5. The number of halogens is 1. The van der Waals surface area contributed by atoms with E-state index in [1.165, 1.54) is 23.8 Å². The fraction of sp³-hybridized carbons (Fsp3) is 0.200. The molecule has 0 radical (unpaired) electrons. The molecular weight excluding hydrogens is 321 g/mol. The zero-order valence-electron chi connectivity index (χ0n) is 12.3. The minimum Gasteiger partial charge on any atom is -0.609 e. The Morgan fingerprint density at radius 3 is 2.96 bits per heavy atom. The molecule has 0 aliphatic rings. The Bertz CT molecular complexity index is 840. The molecule has 0 saturated carbocycles. The molecule has 0 fully saturated rings. The molecule has 0 aliphatic carbocycles. The van der Waals surface area contributed by atoms with Crippen molar-refractivity contribution >= 4 is 22.2 Å². The second-order valence-electron chi connectivity index (χ2n) is 4.75. The van der Waals surface area contributed by atoms with Crippen molar-refractivity contribution in [3.8, 4) is 5.75 Å². The minimum absolute atomic E-state index is 0.0855. The number of pyridine rings is 1. The molecule has 6 nitrogen and oxygen atoms in total. The lowest BCUT2D eigenvalue weighted by Gasteiger charge is -2.10. The van der Waals surface area contributed by atoms with Crippen LogP contribution in [0.15, 0.2) is 41.7 Å². The van der Waals surface area contributed by atoms with Gasteiger partial charge in [0.2, 0.25) is 0 Å². The molecule has 23 heavy (non-hydrogen) atoms. The van der Waals surface area contributed by atoms with E-state index < -0.39 is 23.7 Å². The van der Waals surface area contributed by atoms with Crippen molar-refractivity contribution in [2.24, 2.45) is 0 Å². The number of rotatable bonds is 5. The molecular formula is C15H14FN3O3S. The second-order valence-corrected chi connectivity index (χ2v) is 6.09. The normalized spacial score (nSPS) is 12.5. The first-order chi connectivity index (χ1) is 11.1. The van der Waals surface area contributed by atoms with Gasteiger partial charge in [-0.2, -0.15) is 4.98 Å². The van der Waals surface area contributed by atoms with E-state index in [2.05, 4.69) is 9.97 Å². The van der Waals surface area contributed by atoms with Crippen LogP contribution in [0.1, 0.15) is 5.69 Å². The molecule has 0 bridgehead atoms. The molecule has 3 aromatic rings. The first-order valence-corrected chi connectivity index (χ1v) is 8.09. The van der Waals surface area contributed by atoms with Crippen molar-refractivity contribution in [1.29, 1.82) is 0 Å². The number of aliphatic hydroxyl groups excluding tert-OH is 1. The summed E-state index contributed by atoms with van der Waals surface area (Å²) in [5, 5.41) is 9.63. The average Bonchev–Trinajstić information content (AvgIpc) is 2.95. The highest BCUT2D eigenvalue weighted by Gasteiger charge is 2.24. The molecule has 0 spiro atoms. The molecule has 0 aliphatic heterocycles. The minimum atomic E-state index is -1.59. The summed E-state index contributed by atoms with van der Waals surface area (Å²) in [7, 11) is 1.53. The van der Waals surface area contributed by atoms with Crippen molar-refractivity contribution in [2.75, 3.05) is 7.11 Å². The van der Waals surface area contributed by atoms with E-state index in [1.807, 2.05) is 0 Å². The van der Waals surface area contributed by atoms with Crippen molar-refractivity contribution in [1.82, 2.24) is 14.5 Å². The van der Waals surface area contributed by atoms with E-state index in [4.69, 9.17) is 4.74 Å². The van der Waals surface area contributed by atoms with Crippen molar-refractivity contribution in [3.05, 3.63) is 48.0 Å². The van der Waals surface area contributed by atoms with E-state index in [9.17, 15) is 14.0 Å². The van der Waals surface area contributed by atoms with Crippen molar-refractivity contribution < 1.29 is 18.8 Å². The van der Waals surface area contributed by atoms with Gasteiger partial charge in [0.15, 0.2) is 11.6 Å². The van der Waals surface area contributed by atoms with Crippen molar-refractivity contribution in [2.45, 2.75) is 17.6 Å². The molecule has 120 valence electrons. The van der Waals surface area contributed by atoms with Gasteiger partial charge < -0.3 is 14.4 Å². The van der Waals surface area contributed by atoms with Gasteiger partial charge in [0.25, 0.3) is 0 Å². The van der Waals surface area contributed by atoms with Crippen LogP contribution < -0.4 is 4.74 Å². The first-order valence-electron chi connectivity index (χ1n) is 6.77. The molecule has 1 atom stereocenters. The summed E-state index contributed by atoms with van der Waals surface area (Å²) in [4.78, 5) is 8.22. The molecule has 8 heteroatoms. The van der Waals surface area contributed by atoms with Gasteiger partial charge in [-0.05, 0) is 18.2 Å². The van der Waals surface area contributed by atoms with E-state index in [0.29, 0.717) is 17.0 Å². The number of fused-ring (bicyclic) bond motifs is 1. The van der Waals surface area contributed by atoms with Crippen LogP contribution in [-0.2, 0) is 23.7 Å². The van der Waals surface area contributed by atoms with Gasteiger partial charge >= 0.3 is 5.16 Å². The molecule has 0 amide bonds. The largest absolute Gasteiger partial charge is 0.609 e. The Labute approximate surface area is 134 Å². The van der Waals surface area contributed by atoms with Crippen LogP contribution in [0.4, 0.5) is 4.39 Å². The zero-order valence-corrected chi connectivity index (χ0v) is 13.1. The number of ether oxygens (including phenoxy) is 1. The summed E-state index contributed by atoms with van der Waals surface area (Å²) in [5.41, 5.74) is 1.04. The smallest absolute Gasteiger partial charge is 0.326 e. The van der Waals surface area contributed by atoms with E-state index >= 15 is 0 Å². The standard InChI is InChI=1S/C15H14FN3O3S/c1-22-11-5-6-17-10(7-11)8-23(21)15-18-14-12(16)3-2-4-13(14)19(15)9-20/h2-7,20H,8-9H2,1H3. The summed E-state index contributed by atoms with van der Waals surface area (Å²) >= 11 is -1.59. The number of aliphatic hydroxyl groups is 1. The Kier molecular flexibility index (Phi) is 4.46. The third-order valence-electron chi connectivity index (χ3n) is 3.34. The number of para-hydroxylation sites is 1. The molecule has 2 aromatic heterocycles. The molecule has 1 N–H and O–H groups in total. The van der Waals surface area contributed by atoms with Gasteiger partial charge in [0, 0.05) is 23.4 Å². The highest BCUT2D eigenvalue weighted by atomic mass is 32.2. The second kappa shape index (κ2) is 6.53. The third kappa shape index (κ3) is 3.00. The Hall–Kier alpha value is -2.16. The maximum atomic E-state index is 13.8. The first kappa shape index (κ1) is 15.7. The van der Waals surface area contributed by atoms with Gasteiger partial charge in [0.1, 0.15) is 18.0 Å². The summed E-state index contributed by atoms with van der Waals surface area (Å²) in [5.74, 6) is 0.170. The van der Waals surface area contributed by atoms with Gasteiger partial charge in [-0.25, -0.2) is 4.39 Å². The molecule has 1 aromatic carbocycles. The van der Waals surface area contributed by atoms with Crippen LogP contribution in [-0.4, -0.2) is 31.3 Å². The molecule has 3 rings (SSSR count). The maximum absolute atomic E-state index is 13.8. The van der Waals surface area contributed by atoms with Gasteiger partial charge in [0.05, 0.1) is 18.3 Å². The van der Waals surface area contributed by atoms with Gasteiger partial charge in [-0.1, -0.05) is 6.07 Å². The lowest BCUT2D eigenvalue weighted by Crippen LogP contribution is -2.14. The van der Waals surface area contributed by atoms with Crippen LogP contribution >= 0.6 is 0 Å². The van der Waals surface area contributed by atoms with Crippen LogP contribution in [0.5, 0.6) is 5.75 Å². The summed E-state index contributed by atoms with van der Waals surface area (Å²) in [6.07, 6.45) is 1.56. The SMILES string of the molecule is COc1ccnc(C[S+]([O-])c2nc3c(F)cccc3n2CO)c1. The monoisotopic (exact) mass is 335 g/mol. The van der Waals surface area contributed by atoms with Gasteiger partial charge in [-0.3, -0.25) is 9.55 Å². The fourth-order valence-electron chi connectivity index (χ4n) is 2.26. The number of aromatic nitrogens is 3. The number of imidazole rings is 1. The summed E-state index contributed by atoms with van der Waals surface area (Å²) in [6, 6.07) is 7.76. The highest BCUT2D eigenvalue weighted by Crippen LogP contribution is 2.24. The third-order valence-corrected chi connectivity index (χ3v) is 4.62. The topological polar surface area (TPSA) is 83.2 Å². The quantitative estimate of drug-likeness (QED) is 0.719. The number of benzene rings is 1. The Morgan fingerprint density at radius 1 is 1.39 bits per heavy atom. The van der Waals surface area contributed by atoms with E-state index in [-0.39, 0.29) is 16.4 Å². The van der Waals surface area contributed by atoms with Gasteiger partial charge in [-0.15, -0.1) is 0 Å². The summed E-state index contributed by atoms with van der Waals surface area (Å²) in [6.45, 7) is -0.438. The predicted molar refractivity (Wildman–Crippen MR) is 82.8 cm³/mol. The van der Waals surface area contributed by atoms with Crippen LogP contribution in [0.2, 0.25) is 0 Å². The van der Waals surface area contributed by atoms with E-state index in [0.717, 1.165) is 0 Å². The number of methoxy groups -OCH3 is 1. The zero-order chi connectivity index (χ0) is 16.4. The Balaban J connectivity index is 1.97. The van der Waals surface area contributed by atoms with Crippen LogP contribution in [0, 0.1) is 5.82 Å². The van der Waals surface area contributed by atoms with Crippen LogP contribution in [0.25, 0.3) is 11.0 Å². The molecule has 0 saturated heterocycles. The van der Waals surface area contributed by atoms with E-state index in [1.54, 1.807) is 24.4 Å². The molecule has 1 unspecified atom stereocenters. The highest BCUT2D eigenvalue weighted by molar-refractivity contribution is 7.90. The number of hydrogen-bond donors (Lipinski definition) is 1. The fourth-order valence-corrected chi connectivity index (χ4v) is 3.41. The predicted octanol–water partition coefficient (Wildman–Crippen LogP) is 1.84. The summed E-state index contributed by atoms with van der Waals surface area (Å²) < 4.78 is 32.8.